The number of amides is 1. The number of imidazole rings is 1. The molecule has 3 rings (SSSR count). The van der Waals surface area contributed by atoms with Crippen LogP contribution in [0.4, 0.5) is 4.79 Å². The van der Waals surface area contributed by atoms with E-state index in [1.807, 2.05) is 71.4 Å². The Morgan fingerprint density at radius 3 is 2.32 bits per heavy atom. The highest BCUT2D eigenvalue weighted by molar-refractivity contribution is 5.64. The summed E-state index contributed by atoms with van der Waals surface area (Å²) >= 11 is 0. The number of rotatable bonds is 4. The van der Waals surface area contributed by atoms with Crippen LogP contribution in [0.25, 0.3) is 16.9 Å². The minimum absolute atomic E-state index is 0.150. The van der Waals surface area contributed by atoms with Crippen molar-refractivity contribution in [3.63, 3.8) is 0 Å². The molecule has 5 nitrogen and oxygen atoms in total. The number of carbonyl (C=O) groups is 1. The van der Waals surface area contributed by atoms with Crippen LogP contribution in [0.15, 0.2) is 66.9 Å². The van der Waals surface area contributed by atoms with Crippen LogP contribution in [-0.4, -0.2) is 20.8 Å². The second-order valence-corrected chi connectivity index (χ2v) is 4.77. The van der Waals surface area contributed by atoms with Gasteiger partial charge in [-0.15, -0.1) is 0 Å². The van der Waals surface area contributed by atoms with Crippen molar-refractivity contribution >= 4 is 6.09 Å². The normalized spacial score (nSPS) is 10.4. The molecule has 2 N–H and O–H groups in total. The first-order chi connectivity index (χ1) is 10.7. The number of carboxylic acid groups (broad SMARTS) is 1. The van der Waals surface area contributed by atoms with Crippen LogP contribution in [-0.2, 0) is 6.54 Å². The fraction of sp³-hybridized carbons (Fsp3) is 0.0588. The van der Waals surface area contributed by atoms with Gasteiger partial charge in [0.2, 0.25) is 0 Å². The first-order valence-corrected chi connectivity index (χ1v) is 6.90. The van der Waals surface area contributed by atoms with Crippen molar-refractivity contribution in [2.45, 2.75) is 6.54 Å². The molecule has 0 saturated carbocycles. The Kier molecular flexibility index (Phi) is 3.87. The molecule has 0 bridgehead atoms. The quantitative estimate of drug-likeness (QED) is 0.775. The Hall–Kier alpha value is -3.08. The van der Waals surface area contributed by atoms with Crippen molar-refractivity contribution < 1.29 is 9.90 Å². The zero-order chi connectivity index (χ0) is 15.4. The molecule has 0 radical (unpaired) electrons. The first kappa shape index (κ1) is 13.9. The molecule has 1 aromatic heterocycles. The molecule has 0 aliphatic rings. The summed E-state index contributed by atoms with van der Waals surface area (Å²) in [6.45, 7) is 0.150. The lowest BCUT2D eigenvalue weighted by molar-refractivity contribution is 0.193. The summed E-state index contributed by atoms with van der Waals surface area (Å²) < 4.78 is 1.90. The number of hydrogen-bond donors (Lipinski definition) is 2. The number of para-hydroxylation sites is 1. The zero-order valence-corrected chi connectivity index (χ0v) is 11.8. The number of nitrogens with one attached hydrogen (secondary N) is 1. The maximum Gasteiger partial charge on any atom is 0.405 e. The zero-order valence-electron chi connectivity index (χ0n) is 11.8. The summed E-state index contributed by atoms with van der Waals surface area (Å²) in [4.78, 5) is 15.3. The third-order valence-electron chi connectivity index (χ3n) is 3.28. The van der Waals surface area contributed by atoms with E-state index in [1.54, 1.807) is 0 Å². The van der Waals surface area contributed by atoms with E-state index in [4.69, 9.17) is 5.11 Å². The van der Waals surface area contributed by atoms with Crippen molar-refractivity contribution in [3.8, 4) is 16.9 Å². The van der Waals surface area contributed by atoms with Crippen LogP contribution in [0.2, 0.25) is 0 Å². The molecule has 0 unspecified atom stereocenters. The van der Waals surface area contributed by atoms with Crippen molar-refractivity contribution in [1.82, 2.24) is 14.9 Å². The lowest BCUT2D eigenvalue weighted by Gasteiger charge is -2.07. The molecule has 0 saturated heterocycles. The summed E-state index contributed by atoms with van der Waals surface area (Å²) in [6.07, 6.45) is 0.854. The lowest BCUT2D eigenvalue weighted by Crippen LogP contribution is -2.22. The van der Waals surface area contributed by atoms with E-state index in [0.29, 0.717) is 5.82 Å². The van der Waals surface area contributed by atoms with Gasteiger partial charge in [-0.3, -0.25) is 0 Å². The van der Waals surface area contributed by atoms with Crippen LogP contribution >= 0.6 is 0 Å². The van der Waals surface area contributed by atoms with Gasteiger partial charge < -0.3 is 15.0 Å². The molecule has 1 heterocycles. The van der Waals surface area contributed by atoms with Gasteiger partial charge in [-0.1, -0.05) is 48.5 Å². The largest absolute Gasteiger partial charge is 0.465 e. The third-order valence-corrected chi connectivity index (χ3v) is 3.28. The van der Waals surface area contributed by atoms with Gasteiger partial charge in [-0.2, -0.15) is 0 Å². The highest BCUT2D eigenvalue weighted by Gasteiger charge is 2.11. The van der Waals surface area contributed by atoms with Gasteiger partial charge in [-0.05, 0) is 12.1 Å². The second-order valence-electron chi connectivity index (χ2n) is 4.77. The Balaban J connectivity index is 2.03. The number of aromatic nitrogens is 2. The standard InChI is InChI=1S/C17H15N3O2/c21-17(22)18-11-16-19-15(13-7-3-1-4-8-13)12-20(16)14-9-5-2-6-10-14/h1-10,12,18H,11H2,(H,21,22). The summed E-state index contributed by atoms with van der Waals surface area (Å²) in [7, 11) is 0. The average Bonchev–Trinajstić information content (AvgIpc) is 2.99. The van der Waals surface area contributed by atoms with Gasteiger partial charge in [-0.25, -0.2) is 9.78 Å². The number of hydrogen-bond acceptors (Lipinski definition) is 2. The summed E-state index contributed by atoms with van der Waals surface area (Å²) in [5, 5.41) is 11.2. The summed E-state index contributed by atoms with van der Waals surface area (Å²) in [5.41, 5.74) is 2.75. The number of nitrogens with zero attached hydrogens (tertiary/aromatic N) is 2. The monoisotopic (exact) mass is 293 g/mol. The first-order valence-electron chi connectivity index (χ1n) is 6.90. The molecule has 5 heteroatoms. The van der Waals surface area contributed by atoms with Gasteiger partial charge >= 0.3 is 6.09 Å². The predicted octanol–water partition coefficient (Wildman–Crippen LogP) is 3.31. The Bertz CT molecular complexity index is 767. The maximum atomic E-state index is 10.7. The van der Waals surface area contributed by atoms with E-state index >= 15 is 0 Å². The van der Waals surface area contributed by atoms with E-state index in [2.05, 4.69) is 10.3 Å². The summed E-state index contributed by atoms with van der Waals surface area (Å²) in [5.74, 6) is 0.646. The lowest BCUT2D eigenvalue weighted by atomic mass is 10.2. The molecule has 0 fully saturated rings. The average molecular weight is 293 g/mol. The Labute approximate surface area is 127 Å². The Morgan fingerprint density at radius 1 is 1.05 bits per heavy atom. The molecule has 22 heavy (non-hydrogen) atoms. The van der Waals surface area contributed by atoms with Gasteiger partial charge in [0.1, 0.15) is 5.82 Å². The maximum absolute atomic E-state index is 10.7. The van der Waals surface area contributed by atoms with Gasteiger partial charge in [0, 0.05) is 17.4 Å². The van der Waals surface area contributed by atoms with E-state index in [9.17, 15) is 4.79 Å². The van der Waals surface area contributed by atoms with Crippen LogP contribution in [0, 0.1) is 0 Å². The number of benzene rings is 2. The van der Waals surface area contributed by atoms with E-state index in [1.165, 1.54) is 0 Å². The highest BCUT2D eigenvalue weighted by atomic mass is 16.4. The molecule has 1 amide bonds. The van der Waals surface area contributed by atoms with Gasteiger partial charge in [0.25, 0.3) is 0 Å². The third kappa shape index (κ3) is 2.98. The second kappa shape index (κ2) is 6.13. The fourth-order valence-corrected chi connectivity index (χ4v) is 2.26. The van der Waals surface area contributed by atoms with E-state index in [0.717, 1.165) is 16.9 Å². The summed E-state index contributed by atoms with van der Waals surface area (Å²) in [6, 6.07) is 19.5. The molecule has 3 aromatic rings. The molecule has 0 atom stereocenters. The van der Waals surface area contributed by atoms with Crippen LogP contribution in [0.3, 0.4) is 0 Å². The molecular formula is C17H15N3O2. The molecule has 2 aromatic carbocycles. The van der Waals surface area contributed by atoms with E-state index < -0.39 is 6.09 Å². The molecule has 0 aliphatic carbocycles. The van der Waals surface area contributed by atoms with Crippen LogP contribution < -0.4 is 5.32 Å². The molecule has 110 valence electrons. The van der Waals surface area contributed by atoms with Gasteiger partial charge in [0.05, 0.1) is 12.2 Å². The minimum atomic E-state index is -1.07. The predicted molar refractivity (Wildman–Crippen MR) is 83.9 cm³/mol. The van der Waals surface area contributed by atoms with Crippen LogP contribution in [0.1, 0.15) is 5.82 Å². The topological polar surface area (TPSA) is 67.2 Å². The van der Waals surface area contributed by atoms with Crippen molar-refractivity contribution in [3.05, 3.63) is 72.7 Å². The van der Waals surface area contributed by atoms with Gasteiger partial charge in [0.15, 0.2) is 0 Å². The SMILES string of the molecule is O=C(O)NCc1nc(-c2ccccc2)cn1-c1ccccc1. The smallest absolute Gasteiger partial charge is 0.405 e. The van der Waals surface area contributed by atoms with Crippen LogP contribution in [0.5, 0.6) is 0 Å². The van der Waals surface area contributed by atoms with Crippen molar-refractivity contribution in [1.29, 1.82) is 0 Å². The molecule has 0 spiro atoms. The molecule has 0 aliphatic heterocycles. The Morgan fingerprint density at radius 2 is 1.68 bits per heavy atom. The minimum Gasteiger partial charge on any atom is -0.465 e. The fourth-order valence-electron chi connectivity index (χ4n) is 2.26. The van der Waals surface area contributed by atoms with Crippen molar-refractivity contribution in [2.24, 2.45) is 0 Å². The van der Waals surface area contributed by atoms with Crippen molar-refractivity contribution in [2.75, 3.05) is 0 Å². The highest BCUT2D eigenvalue weighted by Crippen LogP contribution is 2.21. The van der Waals surface area contributed by atoms with E-state index in [-0.39, 0.29) is 6.54 Å². The molecular weight excluding hydrogens is 278 g/mol.